The van der Waals surface area contributed by atoms with Crippen molar-refractivity contribution in [2.24, 2.45) is 5.73 Å². The normalized spacial score (nSPS) is 13.5. The summed E-state index contributed by atoms with van der Waals surface area (Å²) >= 11 is -0.127. The van der Waals surface area contributed by atoms with Gasteiger partial charge < -0.3 is 5.73 Å². The van der Waals surface area contributed by atoms with E-state index in [4.69, 9.17) is 5.73 Å². The number of alkyl halides is 3. The molecular weight excluding hydrogens is 247 g/mol. The van der Waals surface area contributed by atoms with Crippen molar-refractivity contribution in [3.05, 3.63) is 42.0 Å². The van der Waals surface area contributed by atoms with Crippen molar-refractivity contribution in [1.82, 2.24) is 0 Å². The molecule has 1 atom stereocenters. The molecule has 0 bridgehead atoms. The monoisotopic (exact) mass is 261 g/mol. The van der Waals surface area contributed by atoms with Crippen LogP contribution in [0.1, 0.15) is 24.9 Å². The summed E-state index contributed by atoms with van der Waals surface area (Å²) in [5.41, 5.74) is 2.94. The van der Waals surface area contributed by atoms with Crippen LogP contribution in [0.5, 0.6) is 0 Å². The van der Waals surface area contributed by atoms with Crippen molar-refractivity contribution < 1.29 is 13.2 Å². The second kappa shape index (κ2) is 5.60. The SMILES string of the molecule is C=C(C)C[C@H](N)c1ccccc1SC(F)(F)F. The molecule has 0 saturated heterocycles. The Morgan fingerprint density at radius 2 is 2.00 bits per heavy atom. The summed E-state index contributed by atoms with van der Waals surface area (Å²) in [6, 6.07) is 5.88. The Labute approximate surface area is 103 Å². The van der Waals surface area contributed by atoms with Crippen LogP contribution >= 0.6 is 11.8 Å². The van der Waals surface area contributed by atoms with Crippen LogP contribution in [0.4, 0.5) is 13.2 Å². The molecule has 1 nitrogen and oxygen atoms in total. The first kappa shape index (κ1) is 14.1. The van der Waals surface area contributed by atoms with E-state index in [0.717, 1.165) is 5.57 Å². The highest BCUT2D eigenvalue weighted by Gasteiger charge is 2.30. The van der Waals surface area contributed by atoms with E-state index in [1.54, 1.807) is 25.1 Å². The number of nitrogens with two attached hydrogens (primary N) is 1. The Hall–Kier alpha value is -0.940. The van der Waals surface area contributed by atoms with Gasteiger partial charge in [-0.15, -0.1) is 6.58 Å². The third-order valence-electron chi connectivity index (χ3n) is 2.11. The van der Waals surface area contributed by atoms with E-state index in [2.05, 4.69) is 6.58 Å². The van der Waals surface area contributed by atoms with Gasteiger partial charge in [-0.05, 0) is 36.7 Å². The number of thioether (sulfide) groups is 1. The van der Waals surface area contributed by atoms with E-state index in [0.29, 0.717) is 12.0 Å². The van der Waals surface area contributed by atoms with Crippen LogP contribution in [-0.4, -0.2) is 5.51 Å². The molecule has 0 radical (unpaired) electrons. The molecule has 0 heterocycles. The molecule has 1 aromatic rings. The van der Waals surface area contributed by atoms with E-state index < -0.39 is 11.6 Å². The zero-order chi connectivity index (χ0) is 13.1. The van der Waals surface area contributed by atoms with Crippen molar-refractivity contribution in [3.63, 3.8) is 0 Å². The van der Waals surface area contributed by atoms with Gasteiger partial charge in [-0.2, -0.15) is 13.2 Å². The van der Waals surface area contributed by atoms with Crippen LogP contribution in [0.3, 0.4) is 0 Å². The third-order valence-corrected chi connectivity index (χ3v) is 2.94. The molecule has 0 aromatic heterocycles. The maximum absolute atomic E-state index is 12.4. The quantitative estimate of drug-likeness (QED) is 0.647. The van der Waals surface area contributed by atoms with Crippen LogP contribution in [0.15, 0.2) is 41.3 Å². The van der Waals surface area contributed by atoms with Gasteiger partial charge in [0.15, 0.2) is 0 Å². The van der Waals surface area contributed by atoms with Crippen LogP contribution in [-0.2, 0) is 0 Å². The van der Waals surface area contributed by atoms with Crippen molar-refractivity contribution in [2.75, 3.05) is 0 Å². The largest absolute Gasteiger partial charge is 0.446 e. The zero-order valence-electron chi connectivity index (χ0n) is 9.42. The molecule has 0 spiro atoms. The lowest BCUT2D eigenvalue weighted by Crippen LogP contribution is -2.12. The minimum atomic E-state index is -4.29. The average molecular weight is 261 g/mol. The second-order valence-corrected chi connectivity index (χ2v) is 4.96. The first-order valence-electron chi connectivity index (χ1n) is 5.04. The molecule has 5 heteroatoms. The second-order valence-electron chi connectivity index (χ2n) is 3.85. The van der Waals surface area contributed by atoms with Gasteiger partial charge in [0.1, 0.15) is 0 Å². The van der Waals surface area contributed by atoms with Crippen molar-refractivity contribution >= 4 is 11.8 Å². The molecule has 0 unspecified atom stereocenters. The van der Waals surface area contributed by atoms with Gasteiger partial charge in [-0.25, -0.2) is 0 Å². The molecule has 0 amide bonds. The summed E-state index contributed by atoms with van der Waals surface area (Å²) in [5, 5.41) is 0. The minimum absolute atomic E-state index is 0.127. The Morgan fingerprint density at radius 1 is 1.41 bits per heavy atom. The van der Waals surface area contributed by atoms with Gasteiger partial charge in [-0.1, -0.05) is 23.8 Å². The number of halogens is 3. The summed E-state index contributed by atoms with van der Waals surface area (Å²) in [6.45, 7) is 5.52. The smallest absolute Gasteiger partial charge is 0.324 e. The number of benzene rings is 1. The predicted molar refractivity (Wildman–Crippen MR) is 64.7 cm³/mol. The van der Waals surface area contributed by atoms with Gasteiger partial charge in [0.2, 0.25) is 0 Å². The predicted octanol–water partition coefficient (Wildman–Crippen LogP) is 4.26. The molecule has 0 aliphatic carbocycles. The van der Waals surface area contributed by atoms with Crippen molar-refractivity contribution in [1.29, 1.82) is 0 Å². The Bertz CT molecular complexity index is 401. The van der Waals surface area contributed by atoms with E-state index in [1.807, 2.05) is 0 Å². The maximum Gasteiger partial charge on any atom is 0.446 e. The van der Waals surface area contributed by atoms with Crippen molar-refractivity contribution in [3.8, 4) is 0 Å². The minimum Gasteiger partial charge on any atom is -0.324 e. The molecule has 1 rings (SSSR count). The number of hydrogen-bond acceptors (Lipinski definition) is 2. The fourth-order valence-electron chi connectivity index (χ4n) is 1.49. The lowest BCUT2D eigenvalue weighted by atomic mass is 10.0. The van der Waals surface area contributed by atoms with E-state index >= 15 is 0 Å². The highest BCUT2D eigenvalue weighted by atomic mass is 32.2. The Balaban J connectivity index is 2.95. The number of hydrogen-bond donors (Lipinski definition) is 1. The molecule has 94 valence electrons. The van der Waals surface area contributed by atoms with Gasteiger partial charge in [0.25, 0.3) is 0 Å². The first-order valence-corrected chi connectivity index (χ1v) is 5.86. The van der Waals surface area contributed by atoms with Crippen LogP contribution in [0, 0.1) is 0 Å². The van der Waals surface area contributed by atoms with Crippen LogP contribution in [0.25, 0.3) is 0 Å². The fraction of sp³-hybridized carbons (Fsp3) is 0.333. The molecule has 0 aliphatic heterocycles. The Morgan fingerprint density at radius 3 is 2.53 bits per heavy atom. The Kier molecular flexibility index (Phi) is 4.65. The van der Waals surface area contributed by atoms with E-state index in [1.165, 1.54) is 6.07 Å². The van der Waals surface area contributed by atoms with Gasteiger partial charge >= 0.3 is 5.51 Å². The fourth-order valence-corrected chi connectivity index (χ4v) is 2.22. The van der Waals surface area contributed by atoms with Crippen LogP contribution in [0.2, 0.25) is 0 Å². The summed E-state index contributed by atoms with van der Waals surface area (Å²) in [6.07, 6.45) is 0.482. The number of rotatable bonds is 4. The third kappa shape index (κ3) is 4.83. The van der Waals surface area contributed by atoms with E-state index in [9.17, 15) is 13.2 Å². The molecule has 1 aromatic carbocycles. The zero-order valence-corrected chi connectivity index (χ0v) is 10.2. The standard InChI is InChI=1S/C12H14F3NS/c1-8(2)7-10(16)9-5-3-4-6-11(9)17-12(13,14)15/h3-6,10H,1,7,16H2,2H3/t10-/m0/s1. The van der Waals surface area contributed by atoms with Gasteiger partial charge in [-0.3, -0.25) is 0 Å². The molecule has 2 N–H and O–H groups in total. The summed E-state index contributed by atoms with van der Waals surface area (Å²) in [4.78, 5) is 0.161. The molecule has 0 aliphatic rings. The maximum atomic E-state index is 12.4. The van der Waals surface area contributed by atoms with E-state index in [-0.39, 0.29) is 16.7 Å². The molecule has 17 heavy (non-hydrogen) atoms. The first-order chi connectivity index (χ1) is 7.79. The molecule has 0 saturated carbocycles. The van der Waals surface area contributed by atoms with Gasteiger partial charge in [0.05, 0.1) is 0 Å². The highest BCUT2D eigenvalue weighted by molar-refractivity contribution is 8.00. The lowest BCUT2D eigenvalue weighted by Gasteiger charge is -2.16. The molecular formula is C12H14F3NS. The van der Waals surface area contributed by atoms with Crippen LogP contribution < -0.4 is 5.73 Å². The highest BCUT2D eigenvalue weighted by Crippen LogP contribution is 2.40. The van der Waals surface area contributed by atoms with Crippen molar-refractivity contribution in [2.45, 2.75) is 29.8 Å². The average Bonchev–Trinajstić information content (AvgIpc) is 2.14. The summed E-state index contributed by atoms with van der Waals surface area (Å²) in [5.74, 6) is 0. The van der Waals surface area contributed by atoms with Gasteiger partial charge in [0, 0.05) is 10.9 Å². The summed E-state index contributed by atoms with van der Waals surface area (Å²) in [7, 11) is 0. The summed E-state index contributed by atoms with van der Waals surface area (Å²) < 4.78 is 37.1. The topological polar surface area (TPSA) is 26.0 Å². The molecule has 0 fully saturated rings. The lowest BCUT2D eigenvalue weighted by molar-refractivity contribution is -0.0328.